The van der Waals surface area contributed by atoms with Crippen LogP contribution in [-0.2, 0) is 16.1 Å². The number of amides is 1. The molecule has 0 bridgehead atoms. The molecule has 1 aromatic heterocycles. The van der Waals surface area contributed by atoms with E-state index in [1.807, 2.05) is 31.3 Å². The van der Waals surface area contributed by atoms with Crippen molar-refractivity contribution in [3.8, 4) is 5.75 Å². The molecule has 5 nitrogen and oxygen atoms in total. The number of hydrogen-bond donors (Lipinski definition) is 0. The first-order valence-corrected chi connectivity index (χ1v) is 7.44. The van der Waals surface area contributed by atoms with Gasteiger partial charge in [-0.3, -0.25) is 9.78 Å². The van der Waals surface area contributed by atoms with E-state index in [0.717, 1.165) is 28.6 Å². The Kier molecular flexibility index (Phi) is 4.24. The van der Waals surface area contributed by atoms with Gasteiger partial charge in [0.15, 0.2) is 0 Å². The second-order valence-corrected chi connectivity index (χ2v) is 5.58. The van der Waals surface area contributed by atoms with Gasteiger partial charge >= 0.3 is 0 Å². The summed E-state index contributed by atoms with van der Waals surface area (Å²) in [5.74, 6) is 0.885. The largest absolute Gasteiger partial charge is 0.494 e. The number of carbonyl (C=O) groups is 1. The zero-order chi connectivity index (χ0) is 15.5. The molecule has 22 heavy (non-hydrogen) atoms. The Balaban J connectivity index is 1.86. The first kappa shape index (κ1) is 14.8. The molecule has 1 aromatic carbocycles. The molecule has 1 aliphatic heterocycles. The molecule has 1 atom stereocenters. The van der Waals surface area contributed by atoms with Gasteiger partial charge in [0.05, 0.1) is 19.6 Å². The summed E-state index contributed by atoms with van der Waals surface area (Å²) >= 11 is 0. The van der Waals surface area contributed by atoms with Crippen molar-refractivity contribution in [2.45, 2.75) is 13.0 Å². The molecule has 3 rings (SSSR count). The van der Waals surface area contributed by atoms with Crippen molar-refractivity contribution >= 4 is 16.8 Å². The molecule has 0 spiro atoms. The predicted molar refractivity (Wildman–Crippen MR) is 83.7 cm³/mol. The number of benzene rings is 1. The molecule has 1 saturated heterocycles. The van der Waals surface area contributed by atoms with Crippen LogP contribution in [0.2, 0.25) is 0 Å². The molecule has 0 N–H and O–H groups in total. The highest BCUT2D eigenvalue weighted by Crippen LogP contribution is 2.27. The number of pyridine rings is 1. The van der Waals surface area contributed by atoms with Crippen molar-refractivity contribution in [1.29, 1.82) is 0 Å². The third kappa shape index (κ3) is 2.76. The molecule has 0 saturated carbocycles. The maximum atomic E-state index is 12.4. The summed E-state index contributed by atoms with van der Waals surface area (Å²) < 4.78 is 10.7. The van der Waals surface area contributed by atoms with Crippen molar-refractivity contribution in [3.05, 3.63) is 36.0 Å². The fourth-order valence-corrected chi connectivity index (χ4v) is 2.88. The average molecular weight is 300 g/mol. The van der Waals surface area contributed by atoms with E-state index in [1.54, 1.807) is 18.2 Å². The van der Waals surface area contributed by atoms with Gasteiger partial charge in [-0.2, -0.15) is 0 Å². The van der Waals surface area contributed by atoms with Crippen molar-refractivity contribution in [1.82, 2.24) is 9.88 Å². The van der Waals surface area contributed by atoms with Crippen LogP contribution in [0.3, 0.4) is 0 Å². The Bertz CT molecular complexity index is 681. The normalized spacial score (nSPS) is 17.6. The van der Waals surface area contributed by atoms with Crippen LogP contribution in [0.1, 0.15) is 12.0 Å². The number of ether oxygens (including phenoxy) is 2. The van der Waals surface area contributed by atoms with Gasteiger partial charge in [-0.1, -0.05) is 12.1 Å². The first-order valence-electron chi connectivity index (χ1n) is 7.44. The average Bonchev–Trinajstić information content (AvgIpc) is 3.09. The summed E-state index contributed by atoms with van der Waals surface area (Å²) in [6, 6.07) is 7.81. The van der Waals surface area contributed by atoms with Crippen LogP contribution in [-0.4, -0.2) is 43.2 Å². The summed E-state index contributed by atoms with van der Waals surface area (Å²) in [7, 11) is 3.48. The summed E-state index contributed by atoms with van der Waals surface area (Å²) in [5.41, 5.74) is 1.89. The second kappa shape index (κ2) is 6.32. The quantitative estimate of drug-likeness (QED) is 0.869. The zero-order valence-electron chi connectivity index (χ0n) is 12.9. The summed E-state index contributed by atoms with van der Waals surface area (Å²) in [4.78, 5) is 18.6. The third-order valence-corrected chi connectivity index (χ3v) is 4.11. The van der Waals surface area contributed by atoms with E-state index in [2.05, 4.69) is 4.98 Å². The van der Waals surface area contributed by atoms with Crippen LogP contribution >= 0.6 is 0 Å². The Morgan fingerprint density at radius 3 is 3.05 bits per heavy atom. The van der Waals surface area contributed by atoms with Crippen molar-refractivity contribution < 1.29 is 14.3 Å². The molecule has 0 unspecified atom stereocenters. The molecule has 1 fully saturated rings. The minimum atomic E-state index is -0.00682. The highest BCUT2D eigenvalue weighted by molar-refractivity contribution is 5.88. The fourth-order valence-electron chi connectivity index (χ4n) is 2.88. The summed E-state index contributed by atoms with van der Waals surface area (Å²) in [6.07, 6.45) is 2.56. The molecule has 5 heteroatoms. The zero-order valence-corrected chi connectivity index (χ0v) is 12.9. The lowest BCUT2D eigenvalue weighted by Gasteiger charge is -2.21. The highest BCUT2D eigenvalue weighted by atomic mass is 16.5. The van der Waals surface area contributed by atoms with E-state index < -0.39 is 0 Å². The second-order valence-electron chi connectivity index (χ2n) is 5.58. The van der Waals surface area contributed by atoms with E-state index >= 15 is 0 Å². The van der Waals surface area contributed by atoms with Crippen LogP contribution < -0.4 is 4.74 Å². The minimum Gasteiger partial charge on any atom is -0.494 e. The number of methoxy groups -OCH3 is 1. The molecular formula is C17H20N2O3. The van der Waals surface area contributed by atoms with Crippen LogP contribution in [0.15, 0.2) is 30.5 Å². The summed E-state index contributed by atoms with van der Waals surface area (Å²) in [5, 5.41) is 1.02. The Morgan fingerprint density at radius 1 is 1.45 bits per heavy atom. The van der Waals surface area contributed by atoms with E-state index in [9.17, 15) is 4.79 Å². The van der Waals surface area contributed by atoms with Crippen molar-refractivity contribution in [2.75, 3.05) is 27.4 Å². The number of hydrogen-bond acceptors (Lipinski definition) is 4. The number of carbonyl (C=O) groups excluding carboxylic acids is 1. The van der Waals surface area contributed by atoms with Crippen LogP contribution in [0.5, 0.6) is 5.75 Å². The number of nitrogens with zero attached hydrogens (tertiary/aromatic N) is 2. The Hall–Kier alpha value is -2.14. The SMILES string of the molecule is COc1ccc(CN(C)C(=O)[C@@H]2CCOC2)c2cccnc12. The lowest BCUT2D eigenvalue weighted by molar-refractivity contribution is -0.134. The standard InChI is InChI=1S/C17H20N2O3/c1-19(17(20)13-7-9-22-11-13)10-12-5-6-15(21-2)16-14(12)4-3-8-18-16/h3-6,8,13H,7,9-11H2,1-2H3/t13-/m1/s1. The fraction of sp³-hybridized carbons (Fsp3) is 0.412. The van der Waals surface area contributed by atoms with Crippen molar-refractivity contribution in [3.63, 3.8) is 0 Å². The van der Waals surface area contributed by atoms with Gasteiger partial charge < -0.3 is 14.4 Å². The minimum absolute atomic E-state index is 0.00682. The van der Waals surface area contributed by atoms with Crippen LogP contribution in [0.4, 0.5) is 0 Å². The molecule has 2 heterocycles. The van der Waals surface area contributed by atoms with Crippen molar-refractivity contribution in [2.24, 2.45) is 5.92 Å². The van der Waals surface area contributed by atoms with Gasteiger partial charge in [0.25, 0.3) is 0 Å². The number of fused-ring (bicyclic) bond motifs is 1. The van der Waals surface area contributed by atoms with E-state index in [4.69, 9.17) is 9.47 Å². The maximum absolute atomic E-state index is 12.4. The molecule has 2 aromatic rings. The van der Waals surface area contributed by atoms with E-state index in [-0.39, 0.29) is 11.8 Å². The topological polar surface area (TPSA) is 51.7 Å². The predicted octanol–water partition coefficient (Wildman–Crippen LogP) is 2.24. The van der Waals surface area contributed by atoms with Gasteiger partial charge in [-0.15, -0.1) is 0 Å². The highest BCUT2D eigenvalue weighted by Gasteiger charge is 2.26. The summed E-state index contributed by atoms with van der Waals surface area (Å²) in [6.45, 7) is 1.77. The molecule has 0 radical (unpaired) electrons. The molecule has 1 amide bonds. The lowest BCUT2D eigenvalue weighted by atomic mass is 10.0. The Labute approximate surface area is 129 Å². The van der Waals surface area contributed by atoms with Gasteiger partial charge in [0.2, 0.25) is 5.91 Å². The third-order valence-electron chi connectivity index (χ3n) is 4.11. The molecular weight excluding hydrogens is 280 g/mol. The molecule has 116 valence electrons. The van der Waals surface area contributed by atoms with Gasteiger partial charge in [-0.05, 0) is 24.1 Å². The first-order chi connectivity index (χ1) is 10.7. The Morgan fingerprint density at radius 2 is 2.32 bits per heavy atom. The van der Waals surface area contributed by atoms with Gasteiger partial charge in [0.1, 0.15) is 11.3 Å². The van der Waals surface area contributed by atoms with Crippen LogP contribution in [0.25, 0.3) is 10.9 Å². The smallest absolute Gasteiger partial charge is 0.228 e. The van der Waals surface area contributed by atoms with Crippen LogP contribution in [0, 0.1) is 5.92 Å². The van der Waals surface area contributed by atoms with Gasteiger partial charge in [-0.25, -0.2) is 0 Å². The number of aromatic nitrogens is 1. The van der Waals surface area contributed by atoms with E-state index in [1.165, 1.54) is 0 Å². The number of rotatable bonds is 4. The monoisotopic (exact) mass is 300 g/mol. The maximum Gasteiger partial charge on any atom is 0.228 e. The van der Waals surface area contributed by atoms with Gasteiger partial charge in [0, 0.05) is 31.8 Å². The van der Waals surface area contributed by atoms with E-state index in [0.29, 0.717) is 19.8 Å². The molecule has 0 aliphatic carbocycles. The lowest BCUT2D eigenvalue weighted by Crippen LogP contribution is -2.32. The molecule has 1 aliphatic rings.